The fourth-order valence-corrected chi connectivity index (χ4v) is 5.59. The third-order valence-corrected chi connectivity index (χ3v) is 7.73. The molecule has 0 spiro atoms. The van der Waals surface area contributed by atoms with E-state index in [9.17, 15) is 14.9 Å². The quantitative estimate of drug-likeness (QED) is 0.113. The van der Waals surface area contributed by atoms with E-state index in [4.69, 9.17) is 21.0 Å². The molecule has 3 aromatic heterocycles. The third kappa shape index (κ3) is 4.65. The van der Waals surface area contributed by atoms with Gasteiger partial charge in [-0.05, 0) is 55.0 Å². The van der Waals surface area contributed by atoms with E-state index in [1.165, 1.54) is 10.7 Å². The Bertz CT molecular complexity index is 2310. The highest BCUT2D eigenvalue weighted by molar-refractivity contribution is 6.31. The normalized spacial score (nSPS) is 11.8. The van der Waals surface area contributed by atoms with Crippen LogP contribution in [0.15, 0.2) is 111 Å². The fourth-order valence-electron chi connectivity index (χ4n) is 5.41. The lowest BCUT2D eigenvalue weighted by molar-refractivity contribution is -0.384. The first kappa shape index (κ1) is 26.4. The SMILES string of the molecule is Cc1c(C=Nn2c(-c3cc4cc(Cl)ccc4o3)nc3ccccc3c2=O)c2ccccc2n1Cc1cccc([N+](=O)[O-])c1. The minimum atomic E-state index is -0.397. The third-order valence-electron chi connectivity index (χ3n) is 7.50. The summed E-state index contributed by atoms with van der Waals surface area (Å²) in [6.07, 6.45) is 1.66. The first-order valence-electron chi connectivity index (χ1n) is 13.4. The summed E-state index contributed by atoms with van der Waals surface area (Å²) in [5, 5.41) is 18.7. The van der Waals surface area contributed by atoms with E-state index in [2.05, 4.69) is 9.67 Å². The van der Waals surface area contributed by atoms with E-state index in [1.54, 1.807) is 60.8 Å². The zero-order valence-corrected chi connectivity index (χ0v) is 23.5. The molecule has 9 nitrogen and oxygen atoms in total. The Morgan fingerprint density at radius 1 is 0.977 bits per heavy atom. The number of halogens is 1. The number of nitro groups is 1. The molecule has 7 aromatic rings. The molecule has 0 aliphatic heterocycles. The topological polar surface area (TPSA) is 108 Å². The number of aromatic nitrogens is 3. The summed E-state index contributed by atoms with van der Waals surface area (Å²) in [5.41, 5.74) is 4.26. The van der Waals surface area contributed by atoms with Crippen molar-refractivity contribution in [3.8, 4) is 11.6 Å². The number of nitro benzene ring substituents is 1. The van der Waals surface area contributed by atoms with Crippen LogP contribution >= 0.6 is 11.6 Å². The number of para-hydroxylation sites is 2. The number of non-ortho nitro benzene ring substituents is 1. The summed E-state index contributed by atoms with van der Waals surface area (Å²) in [6, 6.07) is 28.7. The van der Waals surface area contributed by atoms with Crippen LogP contribution in [-0.2, 0) is 6.54 Å². The predicted octanol–water partition coefficient (Wildman–Crippen LogP) is 7.56. The Hall–Kier alpha value is -5.54. The molecule has 0 saturated heterocycles. The van der Waals surface area contributed by atoms with Gasteiger partial charge in [0.05, 0.1) is 22.0 Å². The Morgan fingerprint density at radius 3 is 2.60 bits per heavy atom. The average molecular weight is 588 g/mol. The molecule has 4 aromatic carbocycles. The van der Waals surface area contributed by atoms with Crippen LogP contribution in [0.3, 0.4) is 0 Å². The highest BCUT2D eigenvalue weighted by atomic mass is 35.5. The van der Waals surface area contributed by atoms with E-state index in [-0.39, 0.29) is 17.1 Å². The Balaban J connectivity index is 1.38. The number of hydrogen-bond donors (Lipinski definition) is 0. The number of furan rings is 1. The second-order valence-corrected chi connectivity index (χ2v) is 10.6. The minimum Gasteiger partial charge on any atom is -0.453 e. The van der Waals surface area contributed by atoms with Crippen LogP contribution in [0, 0.1) is 17.0 Å². The van der Waals surface area contributed by atoms with E-state index < -0.39 is 4.92 Å². The van der Waals surface area contributed by atoms with Crippen LogP contribution < -0.4 is 5.56 Å². The maximum Gasteiger partial charge on any atom is 0.282 e. The van der Waals surface area contributed by atoms with Gasteiger partial charge in [-0.1, -0.05) is 54.1 Å². The second kappa shape index (κ2) is 10.4. The molecule has 0 radical (unpaired) electrons. The van der Waals surface area contributed by atoms with E-state index >= 15 is 0 Å². The molecule has 0 atom stereocenters. The van der Waals surface area contributed by atoms with Crippen molar-refractivity contribution >= 4 is 56.3 Å². The summed E-state index contributed by atoms with van der Waals surface area (Å²) in [4.78, 5) is 29.5. The number of nitrogens with zero attached hydrogens (tertiary/aromatic N) is 5. The molecule has 3 heterocycles. The minimum absolute atomic E-state index is 0.0389. The summed E-state index contributed by atoms with van der Waals surface area (Å²) in [7, 11) is 0. The van der Waals surface area contributed by atoms with Crippen molar-refractivity contribution in [3.63, 3.8) is 0 Å². The van der Waals surface area contributed by atoms with Crippen LogP contribution in [0.5, 0.6) is 0 Å². The monoisotopic (exact) mass is 587 g/mol. The van der Waals surface area contributed by atoms with Crippen molar-refractivity contribution < 1.29 is 9.34 Å². The molecule has 0 bridgehead atoms. The molecule has 0 aliphatic rings. The molecule has 0 aliphatic carbocycles. The van der Waals surface area contributed by atoms with Gasteiger partial charge in [-0.25, -0.2) is 4.98 Å². The highest BCUT2D eigenvalue weighted by Crippen LogP contribution is 2.30. The average Bonchev–Trinajstić information content (AvgIpc) is 3.55. The van der Waals surface area contributed by atoms with Crippen molar-refractivity contribution in [1.82, 2.24) is 14.2 Å². The van der Waals surface area contributed by atoms with Gasteiger partial charge in [-0.2, -0.15) is 9.78 Å². The first-order valence-corrected chi connectivity index (χ1v) is 13.8. The smallest absolute Gasteiger partial charge is 0.282 e. The highest BCUT2D eigenvalue weighted by Gasteiger charge is 2.18. The Kier molecular flexibility index (Phi) is 6.36. The molecule has 0 saturated carbocycles. The first-order chi connectivity index (χ1) is 20.9. The molecular formula is C33H22ClN5O4. The standard InChI is InChI=1S/C33H22ClN5O4/c1-20-27(25-9-3-5-12-29(25)37(20)19-21-7-6-8-24(15-21)39(41)42)18-35-38-32(36-28-11-4-2-10-26(28)33(38)40)31-17-22-16-23(34)13-14-30(22)43-31/h2-18H,19H2,1H3. The van der Waals surface area contributed by atoms with Crippen LogP contribution in [0.2, 0.25) is 5.02 Å². The van der Waals surface area contributed by atoms with Gasteiger partial charge in [0, 0.05) is 51.2 Å². The van der Waals surface area contributed by atoms with Crippen LogP contribution in [0.4, 0.5) is 5.69 Å². The lowest BCUT2D eigenvalue weighted by atomic mass is 10.1. The van der Waals surface area contributed by atoms with Crippen molar-refractivity contribution in [2.75, 3.05) is 0 Å². The van der Waals surface area contributed by atoms with E-state index in [1.807, 2.05) is 43.3 Å². The van der Waals surface area contributed by atoms with E-state index in [0.29, 0.717) is 33.8 Å². The zero-order valence-electron chi connectivity index (χ0n) is 22.8. The number of rotatable bonds is 6. The molecule has 10 heteroatoms. The van der Waals surface area contributed by atoms with Gasteiger partial charge in [-0.15, -0.1) is 0 Å². The lowest BCUT2D eigenvalue weighted by Crippen LogP contribution is -2.20. The summed E-state index contributed by atoms with van der Waals surface area (Å²) < 4.78 is 9.43. The fraction of sp³-hybridized carbons (Fsp3) is 0.0606. The van der Waals surface area contributed by atoms with Gasteiger partial charge in [0.15, 0.2) is 5.76 Å². The van der Waals surface area contributed by atoms with Gasteiger partial charge in [0.2, 0.25) is 5.82 Å². The molecule has 0 N–H and O–H groups in total. The van der Waals surface area contributed by atoms with Crippen molar-refractivity contribution in [2.45, 2.75) is 13.5 Å². The van der Waals surface area contributed by atoms with Crippen LogP contribution in [0.1, 0.15) is 16.8 Å². The molecule has 7 rings (SSSR count). The van der Waals surface area contributed by atoms with Crippen molar-refractivity contribution in [3.05, 3.63) is 139 Å². The van der Waals surface area contributed by atoms with Crippen LogP contribution in [0.25, 0.3) is 44.4 Å². The van der Waals surface area contributed by atoms with Gasteiger partial charge < -0.3 is 8.98 Å². The Morgan fingerprint density at radius 2 is 1.77 bits per heavy atom. The van der Waals surface area contributed by atoms with Gasteiger partial charge in [0.1, 0.15) is 5.58 Å². The lowest BCUT2D eigenvalue weighted by Gasteiger charge is -2.09. The summed E-state index contributed by atoms with van der Waals surface area (Å²) in [6.45, 7) is 2.39. The summed E-state index contributed by atoms with van der Waals surface area (Å²) in [5.74, 6) is 0.632. The maximum atomic E-state index is 13.8. The molecule has 0 unspecified atom stereocenters. The molecule has 0 fully saturated rings. The van der Waals surface area contributed by atoms with E-state index in [0.717, 1.165) is 33.1 Å². The van der Waals surface area contributed by atoms with Crippen molar-refractivity contribution in [2.24, 2.45) is 5.10 Å². The van der Waals surface area contributed by atoms with Crippen LogP contribution in [-0.4, -0.2) is 25.4 Å². The second-order valence-electron chi connectivity index (χ2n) is 10.1. The molecule has 0 amide bonds. The van der Waals surface area contributed by atoms with Gasteiger partial charge in [-0.3, -0.25) is 14.9 Å². The van der Waals surface area contributed by atoms with Crippen molar-refractivity contribution in [1.29, 1.82) is 0 Å². The molecular weight excluding hydrogens is 566 g/mol. The van der Waals surface area contributed by atoms with Gasteiger partial charge in [0.25, 0.3) is 11.2 Å². The maximum absolute atomic E-state index is 13.8. The zero-order chi connectivity index (χ0) is 29.7. The number of hydrogen-bond acceptors (Lipinski definition) is 6. The molecule has 43 heavy (non-hydrogen) atoms. The Labute approximate surface area is 249 Å². The number of benzene rings is 4. The largest absolute Gasteiger partial charge is 0.453 e. The predicted molar refractivity (Wildman–Crippen MR) is 168 cm³/mol. The van der Waals surface area contributed by atoms with Gasteiger partial charge >= 0.3 is 0 Å². The number of fused-ring (bicyclic) bond motifs is 3. The molecule has 210 valence electrons. The summed E-state index contributed by atoms with van der Waals surface area (Å²) >= 11 is 6.20.